The summed E-state index contributed by atoms with van der Waals surface area (Å²) in [5.41, 5.74) is 2.26. The molecular weight excluding hydrogens is 306 g/mol. The number of aliphatic imine (C=N–C) groups is 1. The summed E-state index contributed by atoms with van der Waals surface area (Å²) >= 11 is 0. The molecule has 1 N–H and O–H groups in total. The Hall–Kier alpha value is -2.24. The second kappa shape index (κ2) is 5.69. The Labute approximate surface area is 141 Å². The van der Waals surface area contributed by atoms with Gasteiger partial charge in [0.05, 0.1) is 32.6 Å². The van der Waals surface area contributed by atoms with E-state index in [1.807, 2.05) is 25.4 Å². The standard InChI is InChI=1S/C18H23N3O3/c1-3-21(17(22)23-2)12-4-5-16-13(8-12)18(6-7-24-16)9-14(18)15-10-19-11-20-15/h4-5,8,11,14-15H,3,6-7,9-10H2,1-2H3,(H,19,20). The van der Waals surface area contributed by atoms with Gasteiger partial charge in [-0.2, -0.15) is 0 Å². The normalized spacial score (nSPS) is 29.6. The molecule has 1 saturated carbocycles. The van der Waals surface area contributed by atoms with Crippen molar-refractivity contribution in [3.63, 3.8) is 0 Å². The molecule has 3 atom stereocenters. The monoisotopic (exact) mass is 329 g/mol. The number of hydrogen-bond donors (Lipinski definition) is 1. The van der Waals surface area contributed by atoms with Gasteiger partial charge in [0.25, 0.3) is 0 Å². The lowest BCUT2D eigenvalue weighted by atomic mass is 9.85. The maximum Gasteiger partial charge on any atom is 0.413 e. The van der Waals surface area contributed by atoms with Crippen LogP contribution in [-0.2, 0) is 10.2 Å². The number of methoxy groups -OCH3 is 1. The fraction of sp³-hybridized carbons (Fsp3) is 0.556. The molecule has 0 aromatic heterocycles. The summed E-state index contributed by atoms with van der Waals surface area (Å²) in [7, 11) is 1.41. The summed E-state index contributed by atoms with van der Waals surface area (Å²) in [6.45, 7) is 4.12. The van der Waals surface area contributed by atoms with Crippen molar-refractivity contribution in [1.82, 2.24) is 5.32 Å². The zero-order valence-electron chi connectivity index (χ0n) is 14.1. The highest BCUT2D eigenvalue weighted by molar-refractivity contribution is 5.87. The lowest BCUT2D eigenvalue weighted by Gasteiger charge is -2.30. The van der Waals surface area contributed by atoms with Gasteiger partial charge in [0.1, 0.15) is 5.75 Å². The maximum absolute atomic E-state index is 12.0. The quantitative estimate of drug-likeness (QED) is 0.924. The minimum absolute atomic E-state index is 0.157. The van der Waals surface area contributed by atoms with Crippen LogP contribution < -0.4 is 15.0 Å². The molecule has 4 rings (SSSR count). The molecule has 6 nitrogen and oxygen atoms in total. The van der Waals surface area contributed by atoms with Crippen molar-refractivity contribution in [3.05, 3.63) is 23.8 Å². The molecule has 2 aliphatic heterocycles. The molecule has 1 aliphatic carbocycles. The van der Waals surface area contributed by atoms with Crippen molar-refractivity contribution in [1.29, 1.82) is 0 Å². The van der Waals surface area contributed by atoms with E-state index >= 15 is 0 Å². The fourth-order valence-electron chi connectivity index (χ4n) is 4.27. The highest BCUT2D eigenvalue weighted by Gasteiger charge is 2.60. The number of nitrogens with zero attached hydrogens (tertiary/aromatic N) is 2. The predicted octanol–water partition coefficient (Wildman–Crippen LogP) is 2.32. The Morgan fingerprint density at radius 1 is 1.54 bits per heavy atom. The first kappa shape index (κ1) is 15.3. The van der Waals surface area contributed by atoms with Gasteiger partial charge >= 0.3 is 6.09 Å². The van der Waals surface area contributed by atoms with Crippen LogP contribution in [0, 0.1) is 5.92 Å². The minimum Gasteiger partial charge on any atom is -0.493 e. The fourth-order valence-corrected chi connectivity index (χ4v) is 4.27. The Morgan fingerprint density at radius 2 is 2.42 bits per heavy atom. The molecule has 1 aromatic rings. The first-order valence-corrected chi connectivity index (χ1v) is 8.57. The number of carbonyl (C=O) groups is 1. The van der Waals surface area contributed by atoms with Crippen molar-refractivity contribution in [2.24, 2.45) is 10.9 Å². The van der Waals surface area contributed by atoms with Crippen LogP contribution >= 0.6 is 0 Å². The molecule has 1 fully saturated rings. The Balaban J connectivity index is 1.67. The molecule has 3 unspecified atom stereocenters. The van der Waals surface area contributed by atoms with Crippen molar-refractivity contribution in [2.45, 2.75) is 31.2 Å². The second-order valence-electron chi connectivity index (χ2n) is 6.73. The van der Waals surface area contributed by atoms with Crippen LogP contribution in [0.1, 0.15) is 25.3 Å². The molecule has 3 aliphatic rings. The molecule has 128 valence electrons. The Kier molecular flexibility index (Phi) is 3.62. The number of fused-ring (bicyclic) bond motifs is 2. The molecule has 1 aromatic carbocycles. The van der Waals surface area contributed by atoms with E-state index in [0.717, 1.165) is 37.4 Å². The van der Waals surface area contributed by atoms with Crippen molar-refractivity contribution < 1.29 is 14.3 Å². The van der Waals surface area contributed by atoms with Crippen LogP contribution in [0.25, 0.3) is 0 Å². The predicted molar refractivity (Wildman–Crippen MR) is 92.0 cm³/mol. The van der Waals surface area contributed by atoms with Crippen LogP contribution in [-0.4, -0.2) is 45.3 Å². The summed E-state index contributed by atoms with van der Waals surface area (Å²) in [4.78, 5) is 18.0. The zero-order valence-corrected chi connectivity index (χ0v) is 14.1. The van der Waals surface area contributed by atoms with Crippen molar-refractivity contribution in [2.75, 3.05) is 31.7 Å². The van der Waals surface area contributed by atoms with Gasteiger partial charge in [0.15, 0.2) is 0 Å². The summed E-state index contributed by atoms with van der Waals surface area (Å²) in [5.74, 6) is 1.53. The number of carbonyl (C=O) groups excluding carboxylic acids is 1. The maximum atomic E-state index is 12.0. The molecule has 6 heteroatoms. The van der Waals surface area contributed by atoms with Gasteiger partial charge in [-0.05, 0) is 43.9 Å². The van der Waals surface area contributed by atoms with Crippen molar-refractivity contribution in [3.8, 4) is 5.75 Å². The molecule has 1 spiro atoms. The van der Waals surface area contributed by atoms with Crippen molar-refractivity contribution >= 4 is 18.1 Å². The Morgan fingerprint density at radius 3 is 3.12 bits per heavy atom. The molecule has 2 heterocycles. The van der Waals surface area contributed by atoms with Gasteiger partial charge in [-0.1, -0.05) is 0 Å². The molecular formula is C18H23N3O3. The van der Waals surface area contributed by atoms with E-state index in [4.69, 9.17) is 9.47 Å². The van der Waals surface area contributed by atoms with Crippen LogP contribution in [0.15, 0.2) is 23.2 Å². The van der Waals surface area contributed by atoms with E-state index in [1.165, 1.54) is 12.7 Å². The van der Waals surface area contributed by atoms with Gasteiger partial charge in [0.2, 0.25) is 0 Å². The topological polar surface area (TPSA) is 63.2 Å². The summed E-state index contributed by atoms with van der Waals surface area (Å²) in [6.07, 6.45) is 3.67. The lowest BCUT2D eigenvalue weighted by Crippen LogP contribution is -2.34. The highest BCUT2D eigenvalue weighted by Crippen LogP contribution is 2.62. The molecule has 0 bridgehead atoms. The number of hydrogen-bond acceptors (Lipinski definition) is 5. The van der Waals surface area contributed by atoms with Crippen LogP contribution in [0.2, 0.25) is 0 Å². The summed E-state index contributed by atoms with van der Waals surface area (Å²) in [6, 6.07) is 6.46. The van der Waals surface area contributed by atoms with Gasteiger partial charge in [0, 0.05) is 23.2 Å². The summed E-state index contributed by atoms with van der Waals surface area (Å²) in [5, 5.41) is 3.38. The first-order chi connectivity index (χ1) is 11.7. The van der Waals surface area contributed by atoms with Gasteiger partial charge < -0.3 is 14.8 Å². The second-order valence-corrected chi connectivity index (χ2v) is 6.73. The smallest absolute Gasteiger partial charge is 0.413 e. The summed E-state index contributed by atoms with van der Waals surface area (Å²) < 4.78 is 10.8. The van der Waals surface area contributed by atoms with E-state index in [9.17, 15) is 4.79 Å². The number of ether oxygens (including phenoxy) is 2. The van der Waals surface area contributed by atoms with Crippen LogP contribution in [0.4, 0.5) is 10.5 Å². The van der Waals surface area contributed by atoms with E-state index in [2.05, 4.69) is 16.4 Å². The van der Waals surface area contributed by atoms with Gasteiger partial charge in [-0.25, -0.2) is 4.79 Å². The molecule has 24 heavy (non-hydrogen) atoms. The SMILES string of the molecule is CCN(C(=O)OC)c1ccc2c(c1)C1(CCO2)CC1C1CN=CN1. The molecule has 0 radical (unpaired) electrons. The third-order valence-electron chi connectivity index (χ3n) is 5.63. The zero-order chi connectivity index (χ0) is 16.7. The van der Waals surface area contributed by atoms with E-state index < -0.39 is 0 Å². The van der Waals surface area contributed by atoms with E-state index in [1.54, 1.807) is 4.90 Å². The number of benzene rings is 1. The lowest BCUT2D eigenvalue weighted by molar-refractivity contribution is 0.179. The van der Waals surface area contributed by atoms with Crippen LogP contribution in [0.3, 0.4) is 0 Å². The van der Waals surface area contributed by atoms with Gasteiger partial charge in [-0.15, -0.1) is 0 Å². The third-order valence-corrected chi connectivity index (χ3v) is 5.63. The van der Waals surface area contributed by atoms with Gasteiger partial charge in [-0.3, -0.25) is 9.89 Å². The number of anilines is 1. The Bertz CT molecular complexity index is 682. The van der Waals surface area contributed by atoms with E-state index in [0.29, 0.717) is 18.5 Å². The molecule has 0 saturated heterocycles. The first-order valence-electron chi connectivity index (χ1n) is 8.57. The van der Waals surface area contributed by atoms with E-state index in [-0.39, 0.29) is 11.5 Å². The molecule has 1 amide bonds. The van der Waals surface area contributed by atoms with Crippen LogP contribution in [0.5, 0.6) is 5.75 Å². The third kappa shape index (κ3) is 2.24. The minimum atomic E-state index is -0.332. The average Bonchev–Trinajstić information content (AvgIpc) is 3.07. The highest BCUT2D eigenvalue weighted by atomic mass is 16.5. The number of nitrogens with one attached hydrogen (secondary N) is 1. The number of rotatable bonds is 3. The largest absolute Gasteiger partial charge is 0.493 e. The average molecular weight is 329 g/mol. The number of amides is 1.